The molecule has 1 heterocycles. The quantitative estimate of drug-likeness (QED) is 0.838. The molecule has 5 nitrogen and oxygen atoms in total. The summed E-state index contributed by atoms with van der Waals surface area (Å²) in [4.78, 5) is 20.8. The summed E-state index contributed by atoms with van der Waals surface area (Å²) in [5, 5.41) is 13.3. The van der Waals surface area contributed by atoms with Crippen LogP contribution in [0.2, 0.25) is 5.02 Å². The first kappa shape index (κ1) is 18.4. The standard InChI is InChI=1S/C18H22ClN3O2/c1-11(2)17-20-10-14(19)16(22-17)18(24)21-12(3)9-15(23)13-7-5-4-6-8-13/h4-8,10-12,15,23H,9H2,1-3H3,(H,21,24)/t12-,15+/m1/s1. The number of nitrogens with one attached hydrogen (secondary N) is 1. The molecule has 2 atom stereocenters. The van der Waals surface area contributed by atoms with Crippen molar-refractivity contribution in [1.29, 1.82) is 0 Å². The van der Waals surface area contributed by atoms with Crippen LogP contribution in [0.3, 0.4) is 0 Å². The first-order valence-electron chi connectivity index (χ1n) is 7.94. The van der Waals surface area contributed by atoms with Crippen LogP contribution in [-0.4, -0.2) is 27.0 Å². The van der Waals surface area contributed by atoms with E-state index in [1.54, 1.807) is 0 Å². The van der Waals surface area contributed by atoms with Gasteiger partial charge in [-0.15, -0.1) is 0 Å². The molecule has 2 N–H and O–H groups in total. The van der Waals surface area contributed by atoms with Gasteiger partial charge < -0.3 is 10.4 Å². The van der Waals surface area contributed by atoms with Gasteiger partial charge in [0.1, 0.15) is 11.5 Å². The highest BCUT2D eigenvalue weighted by atomic mass is 35.5. The van der Waals surface area contributed by atoms with Crippen molar-refractivity contribution in [2.75, 3.05) is 0 Å². The molecule has 0 saturated carbocycles. The number of carbonyl (C=O) groups is 1. The van der Waals surface area contributed by atoms with E-state index in [0.29, 0.717) is 12.2 Å². The number of benzene rings is 1. The zero-order chi connectivity index (χ0) is 17.7. The van der Waals surface area contributed by atoms with Crippen LogP contribution >= 0.6 is 11.6 Å². The van der Waals surface area contributed by atoms with Crippen LogP contribution in [0.15, 0.2) is 36.5 Å². The SMILES string of the molecule is CC(C)c1ncc(Cl)c(C(=O)N[C@H](C)C[C@H](O)c2ccccc2)n1. The molecule has 0 radical (unpaired) electrons. The molecule has 2 aromatic rings. The lowest BCUT2D eigenvalue weighted by atomic mass is 10.0. The number of hydrogen-bond donors (Lipinski definition) is 2. The molecule has 0 unspecified atom stereocenters. The van der Waals surface area contributed by atoms with Crippen molar-refractivity contribution >= 4 is 17.5 Å². The molecule has 6 heteroatoms. The Morgan fingerprint density at radius 2 is 1.92 bits per heavy atom. The van der Waals surface area contributed by atoms with Gasteiger partial charge in [-0.2, -0.15) is 0 Å². The highest BCUT2D eigenvalue weighted by Crippen LogP contribution is 2.19. The predicted molar refractivity (Wildman–Crippen MR) is 94.1 cm³/mol. The van der Waals surface area contributed by atoms with Gasteiger partial charge in [-0.25, -0.2) is 9.97 Å². The lowest BCUT2D eigenvalue weighted by molar-refractivity contribution is 0.0911. The Balaban J connectivity index is 2.02. The molecule has 2 rings (SSSR count). The molecule has 128 valence electrons. The Morgan fingerprint density at radius 3 is 2.54 bits per heavy atom. The van der Waals surface area contributed by atoms with Gasteiger partial charge in [-0.05, 0) is 18.9 Å². The minimum atomic E-state index is -0.645. The molecule has 1 aromatic heterocycles. The molecule has 0 aliphatic rings. The summed E-state index contributed by atoms with van der Waals surface area (Å²) in [6, 6.07) is 9.11. The van der Waals surface area contributed by atoms with Crippen molar-refractivity contribution in [1.82, 2.24) is 15.3 Å². The summed E-state index contributed by atoms with van der Waals surface area (Å²) in [7, 11) is 0. The van der Waals surface area contributed by atoms with Crippen LogP contribution in [0.1, 0.15) is 61.1 Å². The molecule has 24 heavy (non-hydrogen) atoms. The van der Waals surface area contributed by atoms with E-state index in [0.717, 1.165) is 5.56 Å². The Hall–Kier alpha value is -1.98. The van der Waals surface area contributed by atoms with E-state index in [1.807, 2.05) is 51.1 Å². The number of carbonyl (C=O) groups excluding carboxylic acids is 1. The monoisotopic (exact) mass is 347 g/mol. The number of hydrogen-bond acceptors (Lipinski definition) is 4. The Kier molecular flexibility index (Phi) is 6.29. The average molecular weight is 348 g/mol. The van der Waals surface area contributed by atoms with Crippen molar-refractivity contribution in [2.24, 2.45) is 0 Å². The lowest BCUT2D eigenvalue weighted by Gasteiger charge is -2.18. The number of aliphatic hydroxyl groups is 1. The minimum Gasteiger partial charge on any atom is -0.388 e. The number of aromatic nitrogens is 2. The van der Waals surface area contributed by atoms with Crippen molar-refractivity contribution in [2.45, 2.75) is 45.3 Å². The largest absolute Gasteiger partial charge is 0.388 e. The summed E-state index contributed by atoms with van der Waals surface area (Å²) in [5.74, 6) is 0.310. The zero-order valence-corrected chi connectivity index (χ0v) is 14.8. The number of halogens is 1. The van der Waals surface area contributed by atoms with E-state index in [2.05, 4.69) is 15.3 Å². The maximum atomic E-state index is 12.4. The Bertz CT molecular complexity index is 692. The second-order valence-electron chi connectivity index (χ2n) is 6.12. The number of amides is 1. The molecule has 0 aliphatic carbocycles. The van der Waals surface area contributed by atoms with Gasteiger partial charge in [-0.3, -0.25) is 4.79 Å². The topological polar surface area (TPSA) is 75.1 Å². The highest BCUT2D eigenvalue weighted by Gasteiger charge is 2.19. The second-order valence-corrected chi connectivity index (χ2v) is 6.52. The molecule has 0 fully saturated rings. The molecule has 0 aliphatic heterocycles. The van der Waals surface area contributed by atoms with Crippen molar-refractivity contribution in [3.8, 4) is 0 Å². The Labute approximate surface area is 147 Å². The van der Waals surface area contributed by atoms with Crippen LogP contribution < -0.4 is 5.32 Å². The predicted octanol–water partition coefficient (Wildman–Crippen LogP) is 3.50. The van der Waals surface area contributed by atoms with E-state index in [9.17, 15) is 9.90 Å². The summed E-state index contributed by atoms with van der Waals surface area (Å²) in [5.41, 5.74) is 0.983. The first-order chi connectivity index (χ1) is 11.4. The molecular formula is C18H22ClN3O2. The van der Waals surface area contributed by atoms with E-state index >= 15 is 0 Å². The third-order valence-corrected chi connectivity index (χ3v) is 3.91. The summed E-state index contributed by atoms with van der Waals surface area (Å²) in [6.45, 7) is 5.73. The average Bonchev–Trinajstić information content (AvgIpc) is 2.55. The van der Waals surface area contributed by atoms with Gasteiger partial charge in [0, 0.05) is 12.0 Å². The van der Waals surface area contributed by atoms with Gasteiger partial charge in [-0.1, -0.05) is 55.8 Å². The number of rotatable bonds is 6. The minimum absolute atomic E-state index is 0.103. The normalized spacial score (nSPS) is 13.6. The third-order valence-electron chi connectivity index (χ3n) is 3.63. The van der Waals surface area contributed by atoms with E-state index in [1.165, 1.54) is 6.20 Å². The first-order valence-corrected chi connectivity index (χ1v) is 8.32. The van der Waals surface area contributed by atoms with Crippen LogP contribution in [-0.2, 0) is 0 Å². The van der Waals surface area contributed by atoms with Crippen LogP contribution in [0.5, 0.6) is 0 Å². The van der Waals surface area contributed by atoms with Crippen LogP contribution in [0.4, 0.5) is 0 Å². The van der Waals surface area contributed by atoms with Crippen molar-refractivity contribution in [3.63, 3.8) is 0 Å². The fourth-order valence-corrected chi connectivity index (χ4v) is 2.49. The number of aliphatic hydroxyl groups excluding tert-OH is 1. The summed E-state index contributed by atoms with van der Waals surface area (Å²) < 4.78 is 0. The smallest absolute Gasteiger partial charge is 0.271 e. The second kappa shape index (κ2) is 8.22. The fourth-order valence-electron chi connectivity index (χ4n) is 2.32. The van der Waals surface area contributed by atoms with E-state index in [4.69, 9.17) is 11.6 Å². The highest BCUT2D eigenvalue weighted by molar-refractivity contribution is 6.33. The molecular weight excluding hydrogens is 326 g/mol. The molecule has 0 bridgehead atoms. The Morgan fingerprint density at radius 1 is 1.25 bits per heavy atom. The van der Waals surface area contributed by atoms with Gasteiger partial charge in [0.15, 0.2) is 0 Å². The van der Waals surface area contributed by atoms with E-state index < -0.39 is 6.10 Å². The third kappa shape index (κ3) is 4.76. The molecule has 1 amide bonds. The van der Waals surface area contributed by atoms with Gasteiger partial charge in [0.2, 0.25) is 0 Å². The van der Waals surface area contributed by atoms with Gasteiger partial charge in [0.25, 0.3) is 5.91 Å². The van der Waals surface area contributed by atoms with Gasteiger partial charge in [0.05, 0.1) is 17.3 Å². The molecule has 1 aromatic carbocycles. The lowest BCUT2D eigenvalue weighted by Crippen LogP contribution is -2.34. The summed E-state index contributed by atoms with van der Waals surface area (Å²) in [6.07, 6.45) is 1.20. The number of nitrogens with zero attached hydrogens (tertiary/aromatic N) is 2. The molecule has 0 spiro atoms. The maximum absolute atomic E-state index is 12.4. The van der Waals surface area contributed by atoms with Crippen molar-refractivity contribution < 1.29 is 9.90 Å². The van der Waals surface area contributed by atoms with Gasteiger partial charge >= 0.3 is 0 Å². The van der Waals surface area contributed by atoms with Crippen LogP contribution in [0.25, 0.3) is 0 Å². The fraction of sp³-hybridized carbons (Fsp3) is 0.389. The zero-order valence-electron chi connectivity index (χ0n) is 14.0. The summed E-state index contributed by atoms with van der Waals surface area (Å²) >= 11 is 6.05. The van der Waals surface area contributed by atoms with E-state index in [-0.39, 0.29) is 28.6 Å². The van der Waals surface area contributed by atoms with Crippen molar-refractivity contribution in [3.05, 3.63) is 58.6 Å². The molecule has 0 saturated heterocycles. The maximum Gasteiger partial charge on any atom is 0.271 e. The van der Waals surface area contributed by atoms with Crippen LogP contribution in [0, 0.1) is 0 Å².